The molecule has 0 fully saturated rings. The zero-order valence-electron chi connectivity index (χ0n) is 47.2. The minimum absolute atomic E-state index is 0.0990. The molecule has 0 aliphatic rings. The number of esters is 3. The Hall–Kier alpha value is -3.67. The summed E-state index contributed by atoms with van der Waals surface area (Å²) in [6, 6.07) is 0. The second-order valence-electron chi connectivity index (χ2n) is 19.9. The summed E-state index contributed by atoms with van der Waals surface area (Å²) in [7, 11) is 0. The first-order valence-corrected chi connectivity index (χ1v) is 30.2. The molecule has 0 bridgehead atoms. The van der Waals surface area contributed by atoms with Crippen LogP contribution in [0.25, 0.3) is 0 Å². The topological polar surface area (TPSA) is 78.9 Å². The second kappa shape index (κ2) is 59.9. The summed E-state index contributed by atoms with van der Waals surface area (Å²) in [5, 5.41) is 0. The summed E-state index contributed by atoms with van der Waals surface area (Å²) in [5.41, 5.74) is 0. The molecular weight excluding hydrogens is 889 g/mol. The number of hydrogen-bond acceptors (Lipinski definition) is 6. The number of carbonyl (C=O) groups is 3. The molecule has 0 saturated carbocycles. The van der Waals surface area contributed by atoms with Gasteiger partial charge in [-0.2, -0.15) is 0 Å². The van der Waals surface area contributed by atoms with Crippen LogP contribution >= 0.6 is 0 Å². The monoisotopic (exact) mass is 1000 g/mol. The highest BCUT2D eigenvalue weighted by Gasteiger charge is 2.19. The Kier molecular flexibility index (Phi) is 56.8. The Morgan fingerprint density at radius 2 is 0.556 bits per heavy atom. The van der Waals surface area contributed by atoms with Crippen LogP contribution in [0, 0.1) is 0 Å². The van der Waals surface area contributed by atoms with Gasteiger partial charge in [-0.1, -0.05) is 246 Å². The smallest absolute Gasteiger partial charge is 0.306 e. The normalized spacial score (nSPS) is 12.8. The van der Waals surface area contributed by atoms with Crippen molar-refractivity contribution in [3.63, 3.8) is 0 Å². The summed E-state index contributed by atoms with van der Waals surface area (Å²) < 4.78 is 16.9. The third-order valence-electron chi connectivity index (χ3n) is 12.8. The highest BCUT2D eigenvalue weighted by Crippen LogP contribution is 2.15. The van der Waals surface area contributed by atoms with E-state index in [4.69, 9.17) is 14.2 Å². The first kappa shape index (κ1) is 68.3. The van der Waals surface area contributed by atoms with E-state index in [9.17, 15) is 14.4 Å². The maximum atomic E-state index is 12.9. The van der Waals surface area contributed by atoms with Crippen LogP contribution in [0.4, 0.5) is 0 Å². The lowest BCUT2D eigenvalue weighted by atomic mass is 10.1. The maximum absolute atomic E-state index is 12.9. The first-order chi connectivity index (χ1) is 35.5. The molecule has 6 nitrogen and oxygen atoms in total. The summed E-state index contributed by atoms with van der Waals surface area (Å²) in [4.78, 5) is 38.2. The fourth-order valence-corrected chi connectivity index (χ4v) is 8.27. The summed E-state index contributed by atoms with van der Waals surface area (Å²) >= 11 is 0. The molecule has 0 aromatic rings. The predicted octanol–water partition coefficient (Wildman–Crippen LogP) is 20.5. The molecule has 0 aromatic carbocycles. The molecule has 412 valence electrons. The summed E-state index contributed by atoms with van der Waals surface area (Å²) in [6.07, 6.45) is 79.7. The van der Waals surface area contributed by atoms with E-state index in [1.54, 1.807) is 0 Å². The van der Waals surface area contributed by atoms with Gasteiger partial charge in [0.25, 0.3) is 0 Å². The van der Waals surface area contributed by atoms with E-state index < -0.39 is 6.10 Å². The Morgan fingerprint density at radius 1 is 0.292 bits per heavy atom. The number of allylic oxidation sites excluding steroid dienone is 16. The second-order valence-corrected chi connectivity index (χ2v) is 19.9. The van der Waals surface area contributed by atoms with Crippen molar-refractivity contribution in [1.29, 1.82) is 0 Å². The maximum Gasteiger partial charge on any atom is 0.306 e. The lowest BCUT2D eigenvalue weighted by Gasteiger charge is -2.18. The Morgan fingerprint density at radius 3 is 0.944 bits per heavy atom. The number of hydrogen-bond donors (Lipinski definition) is 0. The highest BCUT2D eigenvalue weighted by atomic mass is 16.6. The van der Waals surface area contributed by atoms with Gasteiger partial charge in [0.05, 0.1) is 0 Å². The van der Waals surface area contributed by atoms with Crippen LogP contribution in [0.1, 0.15) is 284 Å². The van der Waals surface area contributed by atoms with E-state index in [2.05, 4.69) is 118 Å². The van der Waals surface area contributed by atoms with Gasteiger partial charge >= 0.3 is 17.9 Å². The summed E-state index contributed by atoms with van der Waals surface area (Å²) in [6.45, 7) is 6.46. The highest BCUT2D eigenvalue weighted by molar-refractivity contribution is 5.71. The van der Waals surface area contributed by atoms with Crippen molar-refractivity contribution in [2.24, 2.45) is 0 Å². The molecule has 0 N–H and O–H groups in total. The van der Waals surface area contributed by atoms with Crippen molar-refractivity contribution in [2.75, 3.05) is 13.2 Å². The fraction of sp³-hybridized carbons (Fsp3) is 0.712. The molecule has 0 amide bonds. The van der Waals surface area contributed by atoms with Gasteiger partial charge in [-0.25, -0.2) is 0 Å². The van der Waals surface area contributed by atoms with E-state index in [0.29, 0.717) is 19.3 Å². The van der Waals surface area contributed by atoms with Gasteiger partial charge in [-0.3, -0.25) is 14.4 Å². The van der Waals surface area contributed by atoms with Gasteiger partial charge in [-0.15, -0.1) is 0 Å². The molecule has 0 saturated heterocycles. The molecule has 6 heteroatoms. The molecule has 0 radical (unpaired) electrons. The van der Waals surface area contributed by atoms with Crippen molar-refractivity contribution in [1.82, 2.24) is 0 Å². The number of carbonyl (C=O) groups excluding carboxylic acids is 3. The molecular formula is C66H112O6. The van der Waals surface area contributed by atoms with Crippen LogP contribution in [0.2, 0.25) is 0 Å². The lowest BCUT2D eigenvalue weighted by molar-refractivity contribution is -0.167. The van der Waals surface area contributed by atoms with E-state index >= 15 is 0 Å². The van der Waals surface area contributed by atoms with Crippen LogP contribution < -0.4 is 0 Å². The van der Waals surface area contributed by atoms with Gasteiger partial charge in [0.15, 0.2) is 6.10 Å². The Bertz CT molecular complexity index is 1430. The van der Waals surface area contributed by atoms with Crippen molar-refractivity contribution in [3.05, 3.63) is 97.2 Å². The Labute approximate surface area is 445 Å². The number of ether oxygens (including phenoxy) is 3. The average Bonchev–Trinajstić information content (AvgIpc) is 3.38. The third-order valence-corrected chi connectivity index (χ3v) is 12.8. The summed E-state index contributed by atoms with van der Waals surface area (Å²) in [5.74, 6) is -0.962. The number of unbranched alkanes of at least 4 members (excludes halogenated alkanes) is 27. The van der Waals surface area contributed by atoms with Gasteiger partial charge in [0, 0.05) is 19.3 Å². The van der Waals surface area contributed by atoms with E-state index in [1.807, 2.05) is 0 Å². The van der Waals surface area contributed by atoms with Crippen LogP contribution in [0.5, 0.6) is 0 Å². The standard InChI is InChI=1S/C66H112O6/c1-4-7-10-13-16-19-22-25-28-31-33-36-38-41-44-47-50-53-56-59-65(68)71-62-63(61-70-64(67)58-55-52-49-46-43-40-37-34-30-27-24-21-18-15-12-9-6-3)72-66(69)60-57-54-51-48-45-42-39-35-32-29-26-23-20-17-14-11-8-5-2/h9,12,16,18-19,21,25,27-30,32,37,40,46,49,63H,4-8,10-11,13-15,17,20,22-24,26,31,33-36,38-39,41-45,47-48,50-62H2,1-3H3/b12-9-,19-16-,21-18-,28-25-,30-27-,32-29-,40-37-,49-46-. The van der Waals surface area contributed by atoms with Crippen molar-refractivity contribution >= 4 is 17.9 Å². The van der Waals surface area contributed by atoms with Crippen LogP contribution in [-0.4, -0.2) is 37.2 Å². The predicted molar refractivity (Wildman–Crippen MR) is 311 cm³/mol. The van der Waals surface area contributed by atoms with Gasteiger partial charge in [-0.05, 0) is 116 Å². The van der Waals surface area contributed by atoms with Gasteiger partial charge < -0.3 is 14.2 Å². The average molecular weight is 1000 g/mol. The van der Waals surface area contributed by atoms with Gasteiger partial charge in [0.1, 0.15) is 13.2 Å². The van der Waals surface area contributed by atoms with Crippen molar-refractivity contribution < 1.29 is 28.6 Å². The molecule has 1 unspecified atom stereocenters. The third kappa shape index (κ3) is 57.2. The molecule has 0 heterocycles. The fourth-order valence-electron chi connectivity index (χ4n) is 8.27. The van der Waals surface area contributed by atoms with Gasteiger partial charge in [0.2, 0.25) is 0 Å². The largest absolute Gasteiger partial charge is 0.462 e. The van der Waals surface area contributed by atoms with Crippen LogP contribution in [0.3, 0.4) is 0 Å². The quantitative estimate of drug-likeness (QED) is 0.0261. The van der Waals surface area contributed by atoms with Crippen LogP contribution in [-0.2, 0) is 28.6 Å². The molecule has 0 aromatic heterocycles. The molecule has 0 rings (SSSR count). The van der Waals surface area contributed by atoms with E-state index in [1.165, 1.54) is 154 Å². The molecule has 0 spiro atoms. The first-order valence-electron chi connectivity index (χ1n) is 30.2. The molecule has 0 aliphatic carbocycles. The minimum Gasteiger partial charge on any atom is -0.462 e. The minimum atomic E-state index is -0.806. The zero-order chi connectivity index (χ0) is 52.2. The molecule has 0 aliphatic heterocycles. The zero-order valence-corrected chi connectivity index (χ0v) is 47.2. The lowest BCUT2D eigenvalue weighted by Crippen LogP contribution is -2.30. The van der Waals surface area contributed by atoms with Crippen molar-refractivity contribution in [3.8, 4) is 0 Å². The van der Waals surface area contributed by atoms with Crippen molar-refractivity contribution in [2.45, 2.75) is 290 Å². The Balaban J connectivity index is 4.47. The SMILES string of the molecule is CC/C=C\C/C=C\C/C=C\C/C=C\C/C=C\CCCC(=O)OCC(COC(=O)CCCCCCCCCCC/C=C\C/C=C\CCCCC)OC(=O)CCCCCCCCC/C=C\CCCCCCCCC. The molecule has 1 atom stereocenters. The van der Waals surface area contributed by atoms with E-state index in [-0.39, 0.29) is 37.5 Å². The van der Waals surface area contributed by atoms with E-state index in [0.717, 1.165) is 83.5 Å². The number of rotatable bonds is 54. The molecule has 72 heavy (non-hydrogen) atoms. The van der Waals surface area contributed by atoms with Crippen LogP contribution in [0.15, 0.2) is 97.2 Å².